The maximum Gasteiger partial charge on any atom is 0.407 e. The van der Waals surface area contributed by atoms with Gasteiger partial charge in [0.05, 0.1) is 6.61 Å². The van der Waals surface area contributed by atoms with E-state index in [9.17, 15) is 28.8 Å². The number of hydrogen-bond donors (Lipinski definition) is 1. The van der Waals surface area contributed by atoms with Crippen molar-refractivity contribution in [2.75, 3.05) is 13.2 Å². The van der Waals surface area contributed by atoms with E-state index in [-0.39, 0.29) is 44.8 Å². The highest BCUT2D eigenvalue weighted by Gasteiger charge is 2.32. The number of amides is 3. The van der Waals surface area contributed by atoms with E-state index in [0.29, 0.717) is 30.7 Å². The molecule has 27 heavy (non-hydrogen) atoms. The van der Waals surface area contributed by atoms with Gasteiger partial charge in [0.25, 0.3) is 11.8 Å². The number of alkyl carbamates (subject to hydrolysis) is 1. The van der Waals surface area contributed by atoms with E-state index in [1.165, 1.54) is 0 Å². The molecular weight excluding hydrogens is 360 g/mol. The lowest BCUT2D eigenvalue weighted by Crippen LogP contribution is -2.32. The van der Waals surface area contributed by atoms with Crippen LogP contribution in [0.1, 0.15) is 51.4 Å². The lowest BCUT2D eigenvalue weighted by Gasteiger charge is -2.14. The van der Waals surface area contributed by atoms with Crippen molar-refractivity contribution in [2.45, 2.75) is 51.4 Å². The quantitative estimate of drug-likeness (QED) is 0.278. The van der Waals surface area contributed by atoms with Crippen molar-refractivity contribution in [2.24, 2.45) is 5.92 Å². The zero-order valence-electron chi connectivity index (χ0n) is 15.0. The second-order valence-electron chi connectivity index (χ2n) is 6.04. The summed E-state index contributed by atoms with van der Waals surface area (Å²) in [7, 11) is 0. The van der Waals surface area contributed by atoms with Crippen LogP contribution < -0.4 is 5.32 Å². The molecular formula is C17H24N2O8. The summed E-state index contributed by atoms with van der Waals surface area (Å²) in [6, 6.07) is 0. The average molecular weight is 384 g/mol. The minimum atomic E-state index is -0.687. The Morgan fingerprint density at radius 2 is 1.81 bits per heavy atom. The summed E-state index contributed by atoms with van der Waals surface area (Å²) in [5.41, 5.74) is 0. The standard InChI is InChI=1S/C17H24N2O8/c20-10-3-4-13(8-11-21)12-26-17(25)18-9-2-1-5-16(24)27-19-14(22)6-7-15(19)23/h10-11,13H,1-9,12H2,(H,18,25). The van der Waals surface area contributed by atoms with Crippen molar-refractivity contribution in [1.82, 2.24) is 10.4 Å². The minimum absolute atomic E-state index is 0.000885. The second kappa shape index (κ2) is 12.6. The van der Waals surface area contributed by atoms with E-state index in [1.807, 2.05) is 0 Å². The van der Waals surface area contributed by atoms with Gasteiger partial charge in [-0.15, -0.1) is 5.06 Å². The average Bonchev–Trinajstić information content (AvgIpc) is 2.95. The number of hydrogen-bond acceptors (Lipinski definition) is 8. The van der Waals surface area contributed by atoms with Crippen LogP contribution in [0.5, 0.6) is 0 Å². The number of carbonyl (C=O) groups is 6. The van der Waals surface area contributed by atoms with Crippen molar-refractivity contribution in [3.8, 4) is 0 Å². The number of carbonyl (C=O) groups excluding carboxylic acids is 6. The van der Waals surface area contributed by atoms with Gasteiger partial charge in [-0.3, -0.25) is 9.59 Å². The van der Waals surface area contributed by atoms with Crippen molar-refractivity contribution in [1.29, 1.82) is 0 Å². The minimum Gasteiger partial charge on any atom is -0.449 e. The van der Waals surface area contributed by atoms with Gasteiger partial charge in [-0.2, -0.15) is 0 Å². The van der Waals surface area contributed by atoms with Gasteiger partial charge in [0.1, 0.15) is 12.6 Å². The van der Waals surface area contributed by atoms with Gasteiger partial charge < -0.3 is 24.5 Å². The largest absolute Gasteiger partial charge is 0.449 e. The number of aldehydes is 2. The highest BCUT2D eigenvalue weighted by Crippen LogP contribution is 2.13. The molecule has 1 aliphatic heterocycles. The smallest absolute Gasteiger partial charge is 0.407 e. The molecule has 10 nitrogen and oxygen atoms in total. The summed E-state index contributed by atoms with van der Waals surface area (Å²) in [5, 5.41) is 3.01. The number of unbranched alkanes of at least 4 members (excludes halogenated alkanes) is 1. The maximum atomic E-state index is 11.6. The molecule has 150 valence electrons. The zero-order chi connectivity index (χ0) is 20.1. The van der Waals surface area contributed by atoms with Crippen LogP contribution in [0.4, 0.5) is 4.79 Å². The van der Waals surface area contributed by atoms with Crippen LogP contribution in [0.15, 0.2) is 0 Å². The molecule has 0 saturated carbocycles. The third kappa shape index (κ3) is 8.93. The molecule has 10 heteroatoms. The molecule has 0 radical (unpaired) electrons. The highest BCUT2D eigenvalue weighted by molar-refractivity contribution is 6.01. The molecule has 1 fully saturated rings. The molecule has 0 bridgehead atoms. The summed E-state index contributed by atoms with van der Waals surface area (Å²) in [6.45, 7) is 0.309. The normalized spacial score (nSPS) is 14.6. The topological polar surface area (TPSA) is 136 Å². The first kappa shape index (κ1) is 22.3. The Morgan fingerprint density at radius 3 is 2.44 bits per heavy atom. The molecule has 0 aromatic carbocycles. The summed E-state index contributed by atoms with van der Waals surface area (Å²) >= 11 is 0. The van der Waals surface area contributed by atoms with Gasteiger partial charge >= 0.3 is 12.1 Å². The van der Waals surface area contributed by atoms with Gasteiger partial charge in [-0.1, -0.05) is 0 Å². The van der Waals surface area contributed by atoms with E-state index >= 15 is 0 Å². The van der Waals surface area contributed by atoms with E-state index in [2.05, 4.69) is 5.32 Å². The molecule has 1 heterocycles. The lowest BCUT2D eigenvalue weighted by molar-refractivity contribution is -0.197. The third-order valence-corrected chi connectivity index (χ3v) is 3.85. The Balaban J connectivity index is 2.11. The molecule has 0 aromatic heterocycles. The van der Waals surface area contributed by atoms with Crippen LogP contribution in [-0.2, 0) is 33.5 Å². The number of nitrogens with zero attached hydrogens (tertiary/aromatic N) is 1. The highest BCUT2D eigenvalue weighted by atomic mass is 16.7. The first-order valence-electron chi connectivity index (χ1n) is 8.82. The monoisotopic (exact) mass is 384 g/mol. The zero-order valence-corrected chi connectivity index (χ0v) is 15.0. The SMILES string of the molecule is O=CCCC(CC=O)COC(=O)NCCCCC(=O)ON1C(=O)CCC1=O. The van der Waals surface area contributed by atoms with Gasteiger partial charge in [0, 0.05) is 44.6 Å². The number of imide groups is 1. The van der Waals surface area contributed by atoms with Crippen molar-refractivity contribution >= 4 is 36.4 Å². The van der Waals surface area contributed by atoms with Crippen molar-refractivity contribution < 1.29 is 38.3 Å². The Morgan fingerprint density at radius 1 is 1.11 bits per heavy atom. The number of rotatable bonds is 13. The van der Waals surface area contributed by atoms with Gasteiger partial charge in [-0.05, 0) is 19.3 Å². The van der Waals surface area contributed by atoms with Crippen LogP contribution in [-0.4, -0.2) is 54.7 Å². The number of ether oxygens (including phenoxy) is 1. The van der Waals surface area contributed by atoms with E-state index in [0.717, 1.165) is 12.6 Å². The fourth-order valence-electron chi connectivity index (χ4n) is 2.34. The van der Waals surface area contributed by atoms with Crippen LogP contribution in [0.2, 0.25) is 0 Å². The van der Waals surface area contributed by atoms with E-state index < -0.39 is 23.9 Å². The summed E-state index contributed by atoms with van der Waals surface area (Å²) in [4.78, 5) is 71.4. The van der Waals surface area contributed by atoms with Crippen LogP contribution in [0.3, 0.4) is 0 Å². The predicted molar refractivity (Wildman–Crippen MR) is 89.8 cm³/mol. The van der Waals surface area contributed by atoms with Gasteiger partial charge in [0.2, 0.25) is 0 Å². The molecule has 1 N–H and O–H groups in total. The molecule has 0 aromatic rings. The van der Waals surface area contributed by atoms with Crippen LogP contribution in [0.25, 0.3) is 0 Å². The van der Waals surface area contributed by atoms with Crippen LogP contribution in [0, 0.1) is 5.92 Å². The third-order valence-electron chi connectivity index (χ3n) is 3.85. The van der Waals surface area contributed by atoms with Gasteiger partial charge in [0.15, 0.2) is 0 Å². The fourth-order valence-corrected chi connectivity index (χ4v) is 2.34. The van der Waals surface area contributed by atoms with Crippen LogP contribution >= 0.6 is 0 Å². The molecule has 1 rings (SSSR count). The molecule has 0 spiro atoms. The summed E-state index contributed by atoms with van der Waals surface area (Å²) < 4.78 is 5.00. The maximum absolute atomic E-state index is 11.6. The Labute approximate surface area is 156 Å². The van der Waals surface area contributed by atoms with E-state index in [4.69, 9.17) is 9.57 Å². The first-order valence-corrected chi connectivity index (χ1v) is 8.82. The Kier molecular flexibility index (Phi) is 10.4. The molecule has 1 unspecified atom stereocenters. The molecule has 1 atom stereocenters. The Bertz CT molecular complexity index is 547. The molecule has 0 aliphatic carbocycles. The number of nitrogens with one attached hydrogen (secondary N) is 1. The number of hydroxylamine groups is 2. The van der Waals surface area contributed by atoms with E-state index in [1.54, 1.807) is 0 Å². The lowest BCUT2D eigenvalue weighted by atomic mass is 10.0. The van der Waals surface area contributed by atoms with Gasteiger partial charge in [-0.25, -0.2) is 9.59 Å². The summed E-state index contributed by atoms with van der Waals surface area (Å²) in [6.07, 6.45) is 2.75. The van der Waals surface area contributed by atoms with Crippen molar-refractivity contribution in [3.63, 3.8) is 0 Å². The first-order chi connectivity index (χ1) is 13.0. The molecule has 1 aliphatic rings. The second-order valence-corrected chi connectivity index (χ2v) is 6.04. The fraction of sp³-hybridized carbons (Fsp3) is 0.647. The van der Waals surface area contributed by atoms with Crippen molar-refractivity contribution in [3.05, 3.63) is 0 Å². The predicted octanol–water partition coefficient (Wildman–Crippen LogP) is 0.674. The Hall–Kier alpha value is -2.78. The molecule has 1 saturated heterocycles. The molecule has 3 amide bonds. The summed E-state index contributed by atoms with van der Waals surface area (Å²) in [5.74, 6) is -1.94.